The van der Waals surface area contributed by atoms with Crippen LogP contribution in [0.25, 0.3) is 5.65 Å². The minimum absolute atomic E-state index is 0.0305. The van der Waals surface area contributed by atoms with Crippen molar-refractivity contribution in [3.63, 3.8) is 0 Å². The first-order valence-corrected chi connectivity index (χ1v) is 6.43. The van der Waals surface area contributed by atoms with Gasteiger partial charge in [-0.2, -0.15) is 18.3 Å². The number of hydrogen-bond donors (Lipinski definition) is 1. The Morgan fingerprint density at radius 2 is 2.24 bits per heavy atom. The molecular formula is C12H10ClF3N4O. The van der Waals surface area contributed by atoms with Crippen molar-refractivity contribution in [2.24, 2.45) is 5.73 Å². The Labute approximate surface area is 121 Å². The lowest BCUT2D eigenvalue weighted by Crippen LogP contribution is -2.39. The summed E-state index contributed by atoms with van der Waals surface area (Å²) in [5, 5.41) is 3.89. The standard InChI is InChI=1S/C12H10ClF3N4O/c1-11(12(14,15)16)3-5(10(17)21)6-4-18-8-2-7(13)19-20(8)9(6)11/h2,4-5H,3H2,1H3,(H2,17,21). The summed E-state index contributed by atoms with van der Waals surface area (Å²) in [6.07, 6.45) is -3.77. The molecule has 2 aromatic rings. The van der Waals surface area contributed by atoms with E-state index < -0.39 is 29.8 Å². The summed E-state index contributed by atoms with van der Waals surface area (Å²) in [5.74, 6) is -1.87. The van der Waals surface area contributed by atoms with Crippen LogP contribution in [0.3, 0.4) is 0 Å². The number of rotatable bonds is 1. The maximum absolute atomic E-state index is 13.5. The van der Waals surface area contributed by atoms with Gasteiger partial charge in [0, 0.05) is 17.8 Å². The number of fused-ring (bicyclic) bond motifs is 3. The molecule has 112 valence electrons. The molecule has 0 saturated heterocycles. The lowest BCUT2D eigenvalue weighted by atomic mass is 9.85. The summed E-state index contributed by atoms with van der Waals surface area (Å²) in [7, 11) is 0. The molecule has 5 nitrogen and oxygen atoms in total. The van der Waals surface area contributed by atoms with E-state index in [1.54, 1.807) is 0 Å². The Morgan fingerprint density at radius 3 is 2.81 bits per heavy atom. The first-order chi connectivity index (χ1) is 9.65. The molecule has 2 atom stereocenters. The highest BCUT2D eigenvalue weighted by atomic mass is 35.5. The molecule has 0 saturated carbocycles. The molecule has 21 heavy (non-hydrogen) atoms. The molecule has 9 heteroatoms. The van der Waals surface area contributed by atoms with Crippen molar-refractivity contribution in [3.8, 4) is 0 Å². The number of halogens is 4. The zero-order valence-corrected chi connectivity index (χ0v) is 11.5. The molecule has 2 heterocycles. The fourth-order valence-corrected chi connectivity index (χ4v) is 3.02. The van der Waals surface area contributed by atoms with Gasteiger partial charge in [-0.1, -0.05) is 11.6 Å². The zero-order valence-electron chi connectivity index (χ0n) is 10.8. The molecule has 0 aromatic carbocycles. The lowest BCUT2D eigenvalue weighted by molar-refractivity contribution is -0.187. The quantitative estimate of drug-likeness (QED) is 0.875. The number of alkyl halides is 3. The highest BCUT2D eigenvalue weighted by Crippen LogP contribution is 2.53. The molecule has 1 amide bonds. The average Bonchev–Trinajstić information content (AvgIpc) is 2.86. The molecule has 0 radical (unpaired) electrons. The molecule has 3 rings (SSSR count). The van der Waals surface area contributed by atoms with Gasteiger partial charge in [-0.05, 0) is 13.3 Å². The summed E-state index contributed by atoms with van der Waals surface area (Å²) in [5.41, 5.74) is 3.21. The van der Waals surface area contributed by atoms with Crippen LogP contribution in [0.5, 0.6) is 0 Å². The van der Waals surface area contributed by atoms with Crippen molar-refractivity contribution >= 4 is 23.2 Å². The van der Waals surface area contributed by atoms with E-state index in [9.17, 15) is 18.0 Å². The third kappa shape index (κ3) is 1.81. The normalized spacial score (nSPS) is 25.3. The number of nitrogens with two attached hydrogens (primary N) is 1. The molecule has 1 aliphatic rings. The van der Waals surface area contributed by atoms with Gasteiger partial charge in [0.1, 0.15) is 5.41 Å². The summed E-state index contributed by atoms with van der Waals surface area (Å²) in [4.78, 5) is 15.5. The highest BCUT2D eigenvalue weighted by Gasteiger charge is 2.60. The van der Waals surface area contributed by atoms with Crippen molar-refractivity contribution in [2.45, 2.75) is 30.9 Å². The second-order valence-corrected chi connectivity index (χ2v) is 5.68. The van der Waals surface area contributed by atoms with Gasteiger partial charge in [0.15, 0.2) is 10.8 Å². The Kier molecular flexibility index (Phi) is 2.75. The van der Waals surface area contributed by atoms with Crippen LogP contribution in [-0.2, 0) is 10.2 Å². The summed E-state index contributed by atoms with van der Waals surface area (Å²) >= 11 is 5.75. The number of carbonyl (C=O) groups is 1. The molecule has 0 spiro atoms. The Bertz CT molecular complexity index is 757. The average molecular weight is 319 g/mol. The van der Waals surface area contributed by atoms with Crippen LogP contribution >= 0.6 is 11.6 Å². The number of hydrogen-bond acceptors (Lipinski definition) is 3. The minimum Gasteiger partial charge on any atom is -0.369 e. The van der Waals surface area contributed by atoms with Gasteiger partial charge >= 0.3 is 6.18 Å². The monoisotopic (exact) mass is 318 g/mol. The van der Waals surface area contributed by atoms with Gasteiger partial charge in [0.05, 0.1) is 11.6 Å². The van der Waals surface area contributed by atoms with Crippen molar-refractivity contribution in [1.29, 1.82) is 0 Å². The predicted molar refractivity (Wildman–Crippen MR) is 68.0 cm³/mol. The van der Waals surface area contributed by atoms with E-state index in [0.29, 0.717) is 0 Å². The van der Waals surface area contributed by atoms with Crippen LogP contribution in [0, 0.1) is 0 Å². The topological polar surface area (TPSA) is 73.3 Å². The third-order valence-corrected chi connectivity index (χ3v) is 4.15. The van der Waals surface area contributed by atoms with Crippen molar-refractivity contribution in [1.82, 2.24) is 14.6 Å². The van der Waals surface area contributed by atoms with Crippen molar-refractivity contribution in [2.75, 3.05) is 0 Å². The predicted octanol–water partition coefficient (Wildman–Crippen LogP) is 2.18. The van der Waals surface area contributed by atoms with Crippen LogP contribution in [0.1, 0.15) is 30.5 Å². The van der Waals surface area contributed by atoms with E-state index in [1.165, 1.54) is 12.3 Å². The molecule has 1 aliphatic carbocycles. The molecule has 2 N–H and O–H groups in total. The molecular weight excluding hydrogens is 309 g/mol. The van der Waals surface area contributed by atoms with Gasteiger partial charge in [0.25, 0.3) is 0 Å². The molecule has 0 bridgehead atoms. The van der Waals surface area contributed by atoms with Crippen LogP contribution in [-0.4, -0.2) is 26.7 Å². The number of primary amides is 1. The van der Waals surface area contributed by atoms with Crippen molar-refractivity contribution < 1.29 is 18.0 Å². The maximum atomic E-state index is 13.5. The molecule has 2 aromatic heterocycles. The largest absolute Gasteiger partial charge is 0.399 e. The lowest BCUT2D eigenvalue weighted by Gasteiger charge is -2.28. The third-order valence-electron chi connectivity index (χ3n) is 3.96. The van der Waals surface area contributed by atoms with E-state index in [1.807, 2.05) is 0 Å². The molecule has 2 unspecified atom stereocenters. The summed E-state index contributed by atoms with van der Waals surface area (Å²) < 4.78 is 41.7. The van der Waals surface area contributed by atoms with Crippen LogP contribution < -0.4 is 5.73 Å². The Morgan fingerprint density at radius 1 is 1.57 bits per heavy atom. The number of nitrogens with zero attached hydrogens (tertiary/aromatic N) is 3. The SMILES string of the molecule is CC1(C(F)(F)F)CC(C(N)=O)c2cnc3cc(Cl)nn3c21. The molecule has 0 fully saturated rings. The van der Waals surface area contributed by atoms with Crippen LogP contribution in [0.4, 0.5) is 13.2 Å². The van der Waals surface area contributed by atoms with E-state index in [4.69, 9.17) is 17.3 Å². The van der Waals surface area contributed by atoms with Crippen LogP contribution in [0.15, 0.2) is 12.3 Å². The highest BCUT2D eigenvalue weighted by molar-refractivity contribution is 6.29. The summed E-state index contributed by atoms with van der Waals surface area (Å²) in [6, 6.07) is 1.36. The number of carbonyl (C=O) groups excluding carboxylic acids is 1. The van der Waals surface area contributed by atoms with Crippen molar-refractivity contribution in [3.05, 3.63) is 28.7 Å². The second kappa shape index (κ2) is 4.09. The fraction of sp³-hybridized carbons (Fsp3) is 0.417. The fourth-order valence-electron chi connectivity index (χ4n) is 2.84. The van der Waals surface area contributed by atoms with Gasteiger partial charge in [-0.3, -0.25) is 4.79 Å². The van der Waals surface area contributed by atoms with Gasteiger partial charge in [0.2, 0.25) is 5.91 Å². The van der Waals surface area contributed by atoms with Gasteiger partial charge in [-0.15, -0.1) is 0 Å². The smallest absolute Gasteiger partial charge is 0.369 e. The Hall–Kier alpha value is -1.83. The Balaban J connectivity index is 2.38. The second-order valence-electron chi connectivity index (χ2n) is 5.29. The summed E-state index contributed by atoms with van der Waals surface area (Å²) in [6.45, 7) is 1.03. The number of aromatic nitrogens is 3. The first kappa shape index (κ1) is 14.1. The molecule has 0 aliphatic heterocycles. The minimum atomic E-state index is -4.56. The first-order valence-electron chi connectivity index (χ1n) is 6.06. The van der Waals surface area contributed by atoms with Gasteiger partial charge in [-0.25, -0.2) is 9.50 Å². The maximum Gasteiger partial charge on any atom is 0.399 e. The van der Waals surface area contributed by atoms with Crippen LogP contribution in [0.2, 0.25) is 5.15 Å². The van der Waals surface area contributed by atoms with E-state index in [0.717, 1.165) is 11.4 Å². The van der Waals surface area contributed by atoms with Gasteiger partial charge < -0.3 is 5.73 Å². The number of amides is 1. The van der Waals surface area contributed by atoms with E-state index in [2.05, 4.69) is 10.1 Å². The zero-order chi connectivity index (χ0) is 15.6. The van der Waals surface area contributed by atoms with E-state index in [-0.39, 0.29) is 22.1 Å². The van der Waals surface area contributed by atoms with E-state index >= 15 is 0 Å².